The second kappa shape index (κ2) is 6.79. The van der Waals surface area contributed by atoms with E-state index >= 15 is 0 Å². The van der Waals surface area contributed by atoms with Crippen molar-refractivity contribution in [2.24, 2.45) is 5.11 Å². The molecule has 1 saturated heterocycles. The fourth-order valence-corrected chi connectivity index (χ4v) is 3.67. The van der Waals surface area contributed by atoms with Gasteiger partial charge in [0.15, 0.2) is 5.79 Å². The molecule has 0 unspecified atom stereocenters. The summed E-state index contributed by atoms with van der Waals surface area (Å²) in [6.45, 7) is 3.28. The van der Waals surface area contributed by atoms with Crippen molar-refractivity contribution >= 4 is 0 Å². The third-order valence-electron chi connectivity index (χ3n) is 4.93. The lowest BCUT2D eigenvalue weighted by molar-refractivity contribution is -0.148. The first-order valence-electron chi connectivity index (χ1n) is 8.14. The zero-order chi connectivity index (χ0) is 16.3. The van der Waals surface area contributed by atoms with Crippen molar-refractivity contribution < 1.29 is 14.2 Å². The van der Waals surface area contributed by atoms with Crippen molar-refractivity contribution in [2.75, 3.05) is 20.3 Å². The number of hydrogen-bond acceptors (Lipinski definition) is 4. The minimum Gasteiger partial charge on any atom is -0.497 e. The monoisotopic (exact) mass is 317 g/mol. The number of nitrogens with zero attached hydrogens (tertiary/aromatic N) is 3. The summed E-state index contributed by atoms with van der Waals surface area (Å²) >= 11 is 0. The number of ether oxygens (including phenoxy) is 3. The van der Waals surface area contributed by atoms with E-state index in [1.54, 1.807) is 7.11 Å². The number of methoxy groups -OCH3 is 1. The van der Waals surface area contributed by atoms with Gasteiger partial charge in [-0.2, -0.15) is 0 Å². The second-order valence-corrected chi connectivity index (χ2v) is 6.35. The number of azide groups is 1. The van der Waals surface area contributed by atoms with Gasteiger partial charge in [0.2, 0.25) is 0 Å². The van der Waals surface area contributed by atoms with Crippen LogP contribution in [-0.2, 0) is 15.9 Å². The van der Waals surface area contributed by atoms with Crippen LogP contribution in [0.3, 0.4) is 0 Å². The van der Waals surface area contributed by atoms with E-state index in [0.717, 1.165) is 31.4 Å². The summed E-state index contributed by atoms with van der Waals surface area (Å²) in [7, 11) is 1.68. The Labute approximate surface area is 136 Å². The fraction of sp³-hybridized carbons (Fsp3) is 0.647. The minimum absolute atomic E-state index is 0.00843. The van der Waals surface area contributed by atoms with E-state index in [2.05, 4.69) is 22.2 Å². The maximum absolute atomic E-state index is 8.89. The molecule has 1 heterocycles. The molecule has 1 aliphatic carbocycles. The van der Waals surface area contributed by atoms with Crippen LogP contribution in [0.5, 0.6) is 5.75 Å². The molecule has 0 spiro atoms. The summed E-state index contributed by atoms with van der Waals surface area (Å²) in [5, 5.41) is 4.04. The number of aryl methyl sites for hydroxylation is 1. The molecule has 1 fully saturated rings. The van der Waals surface area contributed by atoms with Crippen LogP contribution >= 0.6 is 0 Å². The number of rotatable bonds is 5. The van der Waals surface area contributed by atoms with Crippen molar-refractivity contribution in [1.29, 1.82) is 0 Å². The Hall–Kier alpha value is -1.75. The Morgan fingerprint density at radius 3 is 2.87 bits per heavy atom. The van der Waals surface area contributed by atoms with Gasteiger partial charge in [0.05, 0.1) is 20.3 Å². The van der Waals surface area contributed by atoms with Crippen LogP contribution < -0.4 is 4.74 Å². The lowest BCUT2D eigenvalue weighted by Crippen LogP contribution is -2.29. The molecular formula is C17H23N3O3. The molecule has 0 aromatic heterocycles. The van der Waals surface area contributed by atoms with Gasteiger partial charge in [-0.05, 0) is 60.9 Å². The summed E-state index contributed by atoms with van der Waals surface area (Å²) in [4.78, 5) is 3.05. The molecule has 3 rings (SSSR count). The van der Waals surface area contributed by atoms with Gasteiger partial charge in [0.1, 0.15) is 5.75 Å². The molecule has 0 bridgehead atoms. The maximum atomic E-state index is 8.89. The average Bonchev–Trinajstić information content (AvgIpc) is 3.00. The first-order chi connectivity index (χ1) is 11.1. The Morgan fingerprint density at radius 1 is 1.39 bits per heavy atom. The molecule has 6 heteroatoms. The Bertz CT molecular complexity index is 607. The van der Waals surface area contributed by atoms with Crippen molar-refractivity contribution in [3.63, 3.8) is 0 Å². The van der Waals surface area contributed by atoms with E-state index in [9.17, 15) is 0 Å². The van der Waals surface area contributed by atoms with Crippen LogP contribution in [0.15, 0.2) is 23.3 Å². The summed E-state index contributed by atoms with van der Waals surface area (Å²) in [6.07, 6.45) is 3.45. The van der Waals surface area contributed by atoms with Crippen molar-refractivity contribution in [1.82, 2.24) is 0 Å². The summed E-state index contributed by atoms with van der Waals surface area (Å²) in [5.41, 5.74) is 11.4. The van der Waals surface area contributed by atoms with Gasteiger partial charge in [-0.15, -0.1) is 0 Å². The van der Waals surface area contributed by atoms with Gasteiger partial charge in [-0.25, -0.2) is 0 Å². The van der Waals surface area contributed by atoms with Crippen LogP contribution in [0.4, 0.5) is 0 Å². The molecule has 124 valence electrons. The highest BCUT2D eigenvalue weighted by atomic mass is 16.7. The second-order valence-electron chi connectivity index (χ2n) is 6.35. The SMILES string of the molecule is COc1ccc2c(c1)CC[C@H](N=[N+]=[N-])[C@@H]2CCC1(C)OCCO1. The van der Waals surface area contributed by atoms with Crippen LogP contribution in [0.2, 0.25) is 0 Å². The van der Waals surface area contributed by atoms with Crippen LogP contribution in [0, 0.1) is 0 Å². The molecule has 1 aliphatic heterocycles. The van der Waals surface area contributed by atoms with Gasteiger partial charge in [0.25, 0.3) is 0 Å². The molecule has 23 heavy (non-hydrogen) atoms. The molecule has 0 amide bonds. The van der Waals surface area contributed by atoms with E-state index in [1.165, 1.54) is 11.1 Å². The van der Waals surface area contributed by atoms with E-state index in [1.807, 2.05) is 13.0 Å². The topological polar surface area (TPSA) is 76.5 Å². The molecule has 1 aromatic rings. The van der Waals surface area contributed by atoms with Crippen molar-refractivity contribution in [2.45, 2.75) is 50.4 Å². The Morgan fingerprint density at radius 2 is 2.17 bits per heavy atom. The summed E-state index contributed by atoms with van der Waals surface area (Å²) in [6, 6.07) is 6.18. The zero-order valence-corrected chi connectivity index (χ0v) is 13.7. The van der Waals surface area contributed by atoms with Crippen molar-refractivity contribution in [3.05, 3.63) is 39.8 Å². The molecule has 2 atom stereocenters. The molecule has 1 aromatic carbocycles. The predicted molar refractivity (Wildman–Crippen MR) is 86.5 cm³/mol. The van der Waals surface area contributed by atoms with E-state index in [4.69, 9.17) is 19.7 Å². The highest BCUT2D eigenvalue weighted by molar-refractivity contribution is 5.40. The van der Waals surface area contributed by atoms with Crippen LogP contribution in [0.25, 0.3) is 10.4 Å². The maximum Gasteiger partial charge on any atom is 0.165 e. The van der Waals surface area contributed by atoms with Gasteiger partial charge in [-0.3, -0.25) is 0 Å². The highest BCUT2D eigenvalue weighted by Gasteiger charge is 2.35. The molecular weight excluding hydrogens is 294 g/mol. The van der Waals surface area contributed by atoms with Crippen molar-refractivity contribution in [3.8, 4) is 5.75 Å². The number of hydrogen-bond donors (Lipinski definition) is 0. The molecule has 0 N–H and O–H groups in total. The third kappa shape index (κ3) is 3.44. The first kappa shape index (κ1) is 16.1. The predicted octanol–water partition coefficient (Wildman–Crippen LogP) is 3.95. The normalized spacial score (nSPS) is 25.5. The molecule has 0 saturated carbocycles. The number of benzene rings is 1. The smallest absolute Gasteiger partial charge is 0.165 e. The Balaban J connectivity index is 1.83. The molecule has 0 radical (unpaired) electrons. The number of fused-ring (bicyclic) bond motifs is 1. The average molecular weight is 317 g/mol. The van der Waals surface area contributed by atoms with Crippen LogP contribution in [-0.4, -0.2) is 32.2 Å². The zero-order valence-electron chi connectivity index (χ0n) is 13.7. The molecule has 6 nitrogen and oxygen atoms in total. The first-order valence-corrected chi connectivity index (χ1v) is 8.14. The quantitative estimate of drug-likeness (QED) is 0.469. The minimum atomic E-state index is -0.509. The van der Waals surface area contributed by atoms with Gasteiger partial charge in [-0.1, -0.05) is 11.2 Å². The fourth-order valence-electron chi connectivity index (χ4n) is 3.67. The highest BCUT2D eigenvalue weighted by Crippen LogP contribution is 2.40. The van der Waals surface area contributed by atoms with Gasteiger partial charge >= 0.3 is 0 Å². The largest absolute Gasteiger partial charge is 0.497 e. The van der Waals surface area contributed by atoms with E-state index in [0.29, 0.717) is 13.2 Å². The third-order valence-corrected chi connectivity index (χ3v) is 4.93. The lowest BCUT2D eigenvalue weighted by atomic mass is 9.76. The van der Waals surface area contributed by atoms with Gasteiger partial charge in [0, 0.05) is 17.4 Å². The standard InChI is InChI=1S/C17H23N3O3/c1-17(22-9-10-23-17)8-7-15-14-5-4-13(21-2)11-12(14)3-6-16(15)19-20-18/h4-5,11,15-16H,3,6-10H2,1-2H3/t15-,16+/m1/s1. The van der Waals surface area contributed by atoms with Crippen LogP contribution in [0.1, 0.15) is 43.2 Å². The van der Waals surface area contributed by atoms with Gasteiger partial charge < -0.3 is 14.2 Å². The summed E-state index contributed by atoms with van der Waals surface area (Å²) in [5.74, 6) is 0.565. The van der Waals surface area contributed by atoms with E-state index < -0.39 is 5.79 Å². The lowest BCUT2D eigenvalue weighted by Gasteiger charge is -2.33. The Kier molecular flexibility index (Phi) is 4.76. The molecule has 2 aliphatic rings. The summed E-state index contributed by atoms with van der Waals surface area (Å²) < 4.78 is 16.7. The van der Waals surface area contributed by atoms with E-state index in [-0.39, 0.29) is 12.0 Å².